The van der Waals surface area contributed by atoms with Crippen molar-refractivity contribution < 1.29 is 52.2 Å². The summed E-state index contributed by atoms with van der Waals surface area (Å²) in [6.45, 7) is 4.45. The van der Waals surface area contributed by atoms with Gasteiger partial charge in [-0.15, -0.1) is 0 Å². The van der Waals surface area contributed by atoms with Crippen LogP contribution in [0.3, 0.4) is 0 Å². The first kappa shape index (κ1) is 65.2. The standard InChI is InChI=1S/C56H99O11P/c1-4-7-10-13-16-19-22-24-25-26-27-29-32-35-38-41-44-47-56(60)67-53(49-63-54(58)45-42-39-36-33-31-28-23-20-17-14-11-8-5-2)51-65-68(61,62)64-50-52(48-57)66-55(59)46-43-40-37-34-30-21-18-15-12-9-6-3/h8,11,16-17,19-20,24-25,28,31,52-53,57H,4-7,9-10,12-15,18,21-23,26-27,29-30,32-51H2,1-3H3,(H,61,62)/b11-8-,19-16-,20-17-,25-24-,31-28-. The van der Waals surface area contributed by atoms with E-state index in [0.717, 1.165) is 96.3 Å². The molecule has 0 aromatic rings. The number of phosphoric ester groups is 1. The number of hydrogen-bond acceptors (Lipinski definition) is 10. The molecule has 0 aromatic heterocycles. The SMILES string of the molecule is CC/C=C\C/C=C\C/C=C\CCCCCC(=O)OCC(COP(=O)(O)OCC(CO)OC(=O)CCCCCCCCCCCCC)OC(=O)CCCCCCCCC/C=C\C/C=C\CCCCC. The van der Waals surface area contributed by atoms with Gasteiger partial charge in [-0.05, 0) is 83.5 Å². The highest BCUT2D eigenvalue weighted by Crippen LogP contribution is 2.43. The molecule has 0 bridgehead atoms. The summed E-state index contributed by atoms with van der Waals surface area (Å²) < 4.78 is 39.4. The fourth-order valence-electron chi connectivity index (χ4n) is 7.28. The number of carbonyl (C=O) groups is 3. The molecular weight excluding hydrogens is 880 g/mol. The van der Waals surface area contributed by atoms with Crippen LogP contribution in [-0.2, 0) is 42.2 Å². The first-order chi connectivity index (χ1) is 33.2. The quantitative estimate of drug-likeness (QED) is 0.0197. The third-order valence-electron chi connectivity index (χ3n) is 11.4. The maximum absolute atomic E-state index is 12.9. The van der Waals surface area contributed by atoms with E-state index in [1.54, 1.807) is 0 Å². The summed E-state index contributed by atoms with van der Waals surface area (Å²) in [6.07, 6.45) is 53.3. The number of aliphatic hydroxyl groups is 1. The van der Waals surface area contributed by atoms with Gasteiger partial charge in [-0.3, -0.25) is 23.4 Å². The minimum absolute atomic E-state index is 0.152. The topological polar surface area (TPSA) is 155 Å². The number of phosphoric acid groups is 1. The van der Waals surface area contributed by atoms with E-state index in [4.69, 9.17) is 23.3 Å². The molecule has 394 valence electrons. The van der Waals surface area contributed by atoms with Gasteiger partial charge in [0.05, 0.1) is 19.8 Å². The number of ether oxygens (including phenoxy) is 3. The van der Waals surface area contributed by atoms with E-state index in [1.165, 1.54) is 83.5 Å². The van der Waals surface area contributed by atoms with Crippen LogP contribution in [0.2, 0.25) is 0 Å². The average molecular weight is 979 g/mol. The van der Waals surface area contributed by atoms with Crippen molar-refractivity contribution in [1.29, 1.82) is 0 Å². The van der Waals surface area contributed by atoms with Crippen LogP contribution in [0, 0.1) is 0 Å². The van der Waals surface area contributed by atoms with Crippen molar-refractivity contribution in [3.05, 3.63) is 60.8 Å². The van der Waals surface area contributed by atoms with E-state index < -0.39 is 57.8 Å². The molecule has 0 heterocycles. The fraction of sp³-hybridized carbons (Fsp3) is 0.768. The van der Waals surface area contributed by atoms with Gasteiger partial charge in [-0.2, -0.15) is 0 Å². The van der Waals surface area contributed by atoms with Crippen LogP contribution in [0.1, 0.15) is 239 Å². The molecule has 0 saturated carbocycles. The molecule has 11 nitrogen and oxygen atoms in total. The molecule has 0 amide bonds. The molecule has 12 heteroatoms. The Morgan fingerprint density at radius 3 is 1.22 bits per heavy atom. The third-order valence-corrected chi connectivity index (χ3v) is 12.4. The van der Waals surface area contributed by atoms with Crippen LogP contribution in [0.5, 0.6) is 0 Å². The first-order valence-electron chi connectivity index (χ1n) is 27.2. The van der Waals surface area contributed by atoms with Crippen molar-refractivity contribution >= 4 is 25.7 Å². The average Bonchev–Trinajstić information content (AvgIpc) is 3.32. The van der Waals surface area contributed by atoms with Crippen molar-refractivity contribution in [3.8, 4) is 0 Å². The molecular formula is C56H99O11P. The highest BCUT2D eigenvalue weighted by atomic mass is 31.2. The Morgan fingerprint density at radius 2 is 0.765 bits per heavy atom. The number of unbranched alkanes of at least 4 members (excludes halogenated alkanes) is 23. The van der Waals surface area contributed by atoms with Crippen molar-refractivity contribution in [1.82, 2.24) is 0 Å². The predicted octanol–water partition coefficient (Wildman–Crippen LogP) is 15.6. The highest BCUT2D eigenvalue weighted by molar-refractivity contribution is 7.47. The van der Waals surface area contributed by atoms with Crippen LogP contribution >= 0.6 is 7.82 Å². The monoisotopic (exact) mass is 979 g/mol. The zero-order valence-corrected chi connectivity index (χ0v) is 44.2. The van der Waals surface area contributed by atoms with Gasteiger partial charge in [0, 0.05) is 19.3 Å². The lowest BCUT2D eigenvalue weighted by Crippen LogP contribution is -2.30. The largest absolute Gasteiger partial charge is 0.472 e. The van der Waals surface area contributed by atoms with Crippen molar-refractivity contribution in [2.45, 2.75) is 251 Å². The molecule has 0 aliphatic rings. The Bertz CT molecular complexity index is 1370. The minimum atomic E-state index is -4.75. The normalized spacial score (nSPS) is 13.9. The molecule has 0 aliphatic heterocycles. The molecule has 0 aliphatic carbocycles. The van der Waals surface area contributed by atoms with Crippen LogP contribution in [-0.4, -0.2) is 66.5 Å². The Hall–Kier alpha value is -2.82. The summed E-state index contributed by atoms with van der Waals surface area (Å²) in [7, 11) is -4.75. The molecule has 2 N–H and O–H groups in total. The van der Waals surface area contributed by atoms with Gasteiger partial charge >= 0.3 is 25.7 Å². The van der Waals surface area contributed by atoms with Crippen molar-refractivity contribution in [2.75, 3.05) is 26.4 Å². The molecule has 0 radical (unpaired) electrons. The number of rotatable bonds is 50. The first-order valence-corrected chi connectivity index (χ1v) is 28.7. The molecule has 0 aromatic carbocycles. The Kier molecular flexibility index (Phi) is 48.5. The second-order valence-corrected chi connectivity index (χ2v) is 19.5. The lowest BCUT2D eigenvalue weighted by Gasteiger charge is -2.21. The van der Waals surface area contributed by atoms with E-state index in [9.17, 15) is 28.9 Å². The minimum Gasteiger partial charge on any atom is -0.462 e. The molecule has 3 unspecified atom stereocenters. The predicted molar refractivity (Wildman–Crippen MR) is 279 cm³/mol. The van der Waals surface area contributed by atoms with E-state index >= 15 is 0 Å². The fourth-order valence-corrected chi connectivity index (χ4v) is 8.07. The van der Waals surface area contributed by atoms with Gasteiger partial charge in [0.2, 0.25) is 0 Å². The number of carbonyl (C=O) groups excluding carboxylic acids is 3. The summed E-state index contributed by atoms with van der Waals surface area (Å²) in [6, 6.07) is 0. The highest BCUT2D eigenvalue weighted by Gasteiger charge is 2.28. The molecule has 3 atom stereocenters. The molecule has 0 rings (SSSR count). The van der Waals surface area contributed by atoms with E-state index in [1.807, 2.05) is 0 Å². The van der Waals surface area contributed by atoms with E-state index in [0.29, 0.717) is 19.3 Å². The maximum atomic E-state index is 12.9. The maximum Gasteiger partial charge on any atom is 0.472 e. The van der Waals surface area contributed by atoms with Crippen LogP contribution in [0.4, 0.5) is 0 Å². The zero-order chi connectivity index (χ0) is 49.9. The molecule has 0 fully saturated rings. The second-order valence-electron chi connectivity index (χ2n) is 18.0. The summed E-state index contributed by atoms with van der Waals surface area (Å²) in [5, 5.41) is 9.77. The van der Waals surface area contributed by atoms with Crippen LogP contribution < -0.4 is 0 Å². The lowest BCUT2D eigenvalue weighted by atomic mass is 10.1. The molecule has 0 spiro atoms. The van der Waals surface area contributed by atoms with Gasteiger partial charge < -0.3 is 24.2 Å². The van der Waals surface area contributed by atoms with Gasteiger partial charge in [-0.25, -0.2) is 4.57 Å². The zero-order valence-electron chi connectivity index (χ0n) is 43.3. The van der Waals surface area contributed by atoms with Crippen molar-refractivity contribution in [2.24, 2.45) is 0 Å². The number of allylic oxidation sites excluding steroid dienone is 10. The van der Waals surface area contributed by atoms with E-state index in [2.05, 4.69) is 81.5 Å². The Morgan fingerprint density at radius 1 is 0.426 bits per heavy atom. The number of aliphatic hydroxyl groups excluding tert-OH is 1. The lowest BCUT2D eigenvalue weighted by molar-refractivity contribution is -0.161. The number of hydrogen-bond donors (Lipinski definition) is 2. The summed E-state index contributed by atoms with van der Waals surface area (Å²) in [5.74, 6) is -1.50. The third kappa shape index (κ3) is 48.2. The van der Waals surface area contributed by atoms with Gasteiger partial charge in [0.25, 0.3) is 0 Å². The summed E-state index contributed by atoms with van der Waals surface area (Å²) in [4.78, 5) is 48.3. The summed E-state index contributed by atoms with van der Waals surface area (Å²) in [5.41, 5.74) is 0. The number of esters is 3. The van der Waals surface area contributed by atoms with Crippen molar-refractivity contribution in [3.63, 3.8) is 0 Å². The van der Waals surface area contributed by atoms with Crippen LogP contribution in [0.15, 0.2) is 60.8 Å². The van der Waals surface area contributed by atoms with E-state index in [-0.39, 0.29) is 25.9 Å². The van der Waals surface area contributed by atoms with Gasteiger partial charge in [-0.1, -0.05) is 197 Å². The van der Waals surface area contributed by atoms with Gasteiger partial charge in [0.15, 0.2) is 6.10 Å². The smallest absolute Gasteiger partial charge is 0.462 e. The van der Waals surface area contributed by atoms with Gasteiger partial charge in [0.1, 0.15) is 12.7 Å². The summed E-state index contributed by atoms with van der Waals surface area (Å²) >= 11 is 0. The molecule has 0 saturated heterocycles. The molecule has 68 heavy (non-hydrogen) atoms. The van der Waals surface area contributed by atoms with Crippen LogP contribution in [0.25, 0.3) is 0 Å². The Balaban J connectivity index is 4.77. The Labute approximate surface area is 415 Å². The second kappa shape index (κ2) is 50.6.